The number of ether oxygens (including phenoxy) is 1. The van der Waals surface area contributed by atoms with Gasteiger partial charge >= 0.3 is 12.0 Å². The highest BCUT2D eigenvalue weighted by atomic mass is 35.5. The highest BCUT2D eigenvalue weighted by Crippen LogP contribution is 2.41. The van der Waals surface area contributed by atoms with Crippen LogP contribution in [-0.4, -0.2) is 21.5 Å². The summed E-state index contributed by atoms with van der Waals surface area (Å²) in [5.41, 5.74) is -4.36. The monoisotopic (exact) mass is 320 g/mol. The number of aromatic nitrogens is 1. The molecule has 0 saturated carbocycles. The molecule has 0 spiro atoms. The second-order valence-corrected chi connectivity index (χ2v) is 3.46. The minimum Gasteiger partial charge on any atom is -0.396 e. The maximum absolute atomic E-state index is 12.5. The lowest BCUT2D eigenvalue weighted by atomic mass is 10.2. The summed E-state index contributed by atoms with van der Waals surface area (Å²) in [6, 6.07) is 0. The Balaban J connectivity index is 3.65. The zero-order valence-corrected chi connectivity index (χ0v) is 9.71. The van der Waals surface area contributed by atoms with Crippen molar-refractivity contribution < 1.29 is 36.4 Å². The molecule has 0 aliphatic rings. The predicted molar refractivity (Wildman–Crippen MR) is 52.7 cm³/mol. The highest BCUT2D eigenvalue weighted by molar-refractivity contribution is 6.68. The van der Waals surface area contributed by atoms with E-state index in [4.69, 9.17) is 11.6 Å². The summed E-state index contributed by atoms with van der Waals surface area (Å²) in [6.45, 7) is 0. The third-order valence-electron chi connectivity index (χ3n) is 1.85. The van der Waals surface area contributed by atoms with Crippen molar-refractivity contribution in [2.45, 2.75) is 12.8 Å². The number of rotatable bonds is 4. The molecule has 20 heavy (non-hydrogen) atoms. The molecule has 12 heteroatoms. The molecule has 0 aliphatic carbocycles. The molecule has 0 atom stereocenters. The molecule has 0 amide bonds. The lowest BCUT2D eigenvalue weighted by molar-refractivity contribution is -0.389. The molecule has 0 aliphatic heterocycles. The van der Waals surface area contributed by atoms with Gasteiger partial charge in [-0.3, -0.25) is 19.9 Å². The van der Waals surface area contributed by atoms with E-state index < -0.39 is 45.6 Å². The van der Waals surface area contributed by atoms with E-state index in [9.17, 15) is 36.9 Å². The smallest absolute Gasteiger partial charge is 0.396 e. The quantitative estimate of drug-likeness (QED) is 0.368. The van der Waals surface area contributed by atoms with Crippen LogP contribution in [0.5, 0.6) is 5.75 Å². The summed E-state index contributed by atoms with van der Waals surface area (Å²) in [5, 5.41) is 9.14. The van der Waals surface area contributed by atoms with Crippen molar-refractivity contribution in [1.82, 2.24) is 4.98 Å². The number of carbonyl (C=O) groups is 1. The van der Waals surface area contributed by atoms with Crippen molar-refractivity contribution in [3.05, 3.63) is 27.6 Å². The number of hydrogen-bond donors (Lipinski definition) is 0. The van der Waals surface area contributed by atoms with Crippen molar-refractivity contribution in [1.29, 1.82) is 0 Å². The standard InChI is InChI=1S/C8H2ClF5N2O4/c9-6(17)2-1-15-3(7(10)11)5(4(2)16(18)19)20-8(12,13)14/h1,7H. The van der Waals surface area contributed by atoms with Crippen molar-refractivity contribution in [3.8, 4) is 5.75 Å². The molecule has 1 aromatic rings. The van der Waals surface area contributed by atoms with Gasteiger partial charge < -0.3 is 4.74 Å². The highest BCUT2D eigenvalue weighted by Gasteiger charge is 2.40. The van der Waals surface area contributed by atoms with Crippen LogP contribution in [-0.2, 0) is 0 Å². The third-order valence-corrected chi connectivity index (χ3v) is 2.06. The van der Waals surface area contributed by atoms with Crippen LogP contribution in [0.2, 0.25) is 0 Å². The molecule has 0 aromatic carbocycles. The van der Waals surface area contributed by atoms with E-state index in [1.807, 2.05) is 0 Å². The number of nitrogens with zero attached hydrogens (tertiary/aromatic N) is 2. The van der Waals surface area contributed by atoms with Crippen molar-refractivity contribution in [2.24, 2.45) is 0 Å². The Hall–Kier alpha value is -2.04. The van der Waals surface area contributed by atoms with Gasteiger partial charge in [-0.15, -0.1) is 13.2 Å². The zero-order chi connectivity index (χ0) is 15.7. The van der Waals surface area contributed by atoms with Gasteiger partial charge in [0.1, 0.15) is 5.56 Å². The van der Waals surface area contributed by atoms with Crippen LogP contribution in [0, 0.1) is 10.1 Å². The maximum Gasteiger partial charge on any atom is 0.573 e. The van der Waals surface area contributed by atoms with Crippen LogP contribution >= 0.6 is 11.6 Å². The Labute approximate surface area is 111 Å². The fourth-order valence-corrected chi connectivity index (χ4v) is 1.33. The fraction of sp³-hybridized carbons (Fsp3) is 0.250. The van der Waals surface area contributed by atoms with E-state index in [-0.39, 0.29) is 6.20 Å². The summed E-state index contributed by atoms with van der Waals surface area (Å²) >= 11 is 4.92. The number of pyridine rings is 1. The van der Waals surface area contributed by atoms with Crippen LogP contribution in [0.3, 0.4) is 0 Å². The molecular weight excluding hydrogens is 319 g/mol. The lowest BCUT2D eigenvalue weighted by Gasteiger charge is -2.13. The average molecular weight is 321 g/mol. The van der Waals surface area contributed by atoms with Crippen LogP contribution in [0.25, 0.3) is 0 Å². The third kappa shape index (κ3) is 3.50. The first-order chi connectivity index (χ1) is 9.04. The van der Waals surface area contributed by atoms with Crippen molar-refractivity contribution in [3.63, 3.8) is 0 Å². The van der Waals surface area contributed by atoms with Gasteiger partial charge in [0.2, 0.25) is 5.75 Å². The summed E-state index contributed by atoms with van der Waals surface area (Å²) in [7, 11) is 0. The van der Waals surface area contributed by atoms with Gasteiger partial charge in [-0.1, -0.05) is 0 Å². The molecule has 1 aromatic heterocycles. The molecule has 0 fully saturated rings. The van der Waals surface area contributed by atoms with Crippen LogP contribution in [0.4, 0.5) is 27.6 Å². The Bertz CT molecular complexity index is 563. The minimum absolute atomic E-state index is 0.276. The van der Waals surface area contributed by atoms with E-state index in [0.717, 1.165) is 0 Å². The number of alkyl halides is 5. The molecule has 0 saturated heterocycles. The SMILES string of the molecule is O=C(Cl)c1cnc(C(F)F)c(OC(F)(F)F)c1[N+](=O)[O-]. The van der Waals surface area contributed by atoms with Gasteiger partial charge in [0.25, 0.3) is 11.7 Å². The normalized spacial score (nSPS) is 11.6. The Kier molecular flexibility index (Phi) is 4.43. The molecule has 0 unspecified atom stereocenters. The van der Waals surface area contributed by atoms with Gasteiger partial charge in [0.05, 0.1) is 4.92 Å². The van der Waals surface area contributed by atoms with Crippen LogP contribution in [0.1, 0.15) is 22.5 Å². The molecule has 0 bridgehead atoms. The van der Waals surface area contributed by atoms with E-state index >= 15 is 0 Å². The molecule has 1 heterocycles. The van der Waals surface area contributed by atoms with Gasteiger partial charge in [-0.25, -0.2) is 8.78 Å². The van der Waals surface area contributed by atoms with Crippen molar-refractivity contribution >= 4 is 22.5 Å². The topological polar surface area (TPSA) is 82.3 Å². The number of carbonyl (C=O) groups excluding carboxylic acids is 1. The van der Waals surface area contributed by atoms with E-state index in [1.165, 1.54) is 0 Å². The van der Waals surface area contributed by atoms with E-state index in [0.29, 0.717) is 0 Å². The minimum atomic E-state index is -5.50. The molecule has 6 nitrogen and oxygen atoms in total. The maximum atomic E-state index is 12.5. The molecular formula is C8H2ClF5N2O4. The van der Waals surface area contributed by atoms with Gasteiger partial charge in [0.15, 0.2) is 5.69 Å². The van der Waals surface area contributed by atoms with Gasteiger partial charge in [-0.2, -0.15) is 0 Å². The number of halogens is 6. The first-order valence-electron chi connectivity index (χ1n) is 4.45. The molecule has 1 rings (SSSR count). The first-order valence-corrected chi connectivity index (χ1v) is 4.83. The predicted octanol–water partition coefficient (Wildman–Crippen LogP) is 3.21. The number of hydrogen-bond acceptors (Lipinski definition) is 5. The van der Waals surface area contributed by atoms with Gasteiger partial charge in [-0.05, 0) is 11.6 Å². The molecule has 110 valence electrons. The zero-order valence-electron chi connectivity index (χ0n) is 8.95. The fourth-order valence-electron chi connectivity index (χ4n) is 1.19. The van der Waals surface area contributed by atoms with Gasteiger partial charge in [0, 0.05) is 6.20 Å². The largest absolute Gasteiger partial charge is 0.573 e. The van der Waals surface area contributed by atoms with E-state index in [1.54, 1.807) is 0 Å². The summed E-state index contributed by atoms with van der Waals surface area (Å²) in [5.74, 6) is -1.87. The Morgan fingerprint density at radius 2 is 2.00 bits per heavy atom. The Morgan fingerprint density at radius 1 is 1.45 bits per heavy atom. The summed E-state index contributed by atoms with van der Waals surface area (Å²) < 4.78 is 64.6. The second-order valence-electron chi connectivity index (χ2n) is 3.11. The summed E-state index contributed by atoms with van der Waals surface area (Å²) in [4.78, 5) is 22.9. The van der Waals surface area contributed by atoms with Crippen molar-refractivity contribution in [2.75, 3.05) is 0 Å². The summed E-state index contributed by atoms with van der Waals surface area (Å²) in [6.07, 6.45) is -8.81. The second kappa shape index (κ2) is 5.53. The number of nitro groups is 1. The molecule has 0 radical (unpaired) electrons. The lowest BCUT2D eigenvalue weighted by Crippen LogP contribution is -2.20. The van der Waals surface area contributed by atoms with Crippen LogP contribution in [0.15, 0.2) is 6.20 Å². The Morgan fingerprint density at radius 3 is 2.35 bits per heavy atom. The average Bonchev–Trinajstić information content (AvgIpc) is 2.24. The van der Waals surface area contributed by atoms with E-state index in [2.05, 4.69) is 9.72 Å². The first kappa shape index (κ1) is 16.0. The van der Waals surface area contributed by atoms with Crippen LogP contribution < -0.4 is 4.74 Å². The molecule has 0 N–H and O–H groups in total.